The van der Waals surface area contributed by atoms with E-state index in [4.69, 9.17) is 11.6 Å². The minimum absolute atomic E-state index is 0.464. The molecule has 0 bridgehead atoms. The van der Waals surface area contributed by atoms with E-state index in [-0.39, 0.29) is 0 Å². The highest BCUT2D eigenvalue weighted by Crippen LogP contribution is 2.18. The highest BCUT2D eigenvalue weighted by molar-refractivity contribution is 7.13. The van der Waals surface area contributed by atoms with Crippen molar-refractivity contribution in [2.45, 2.75) is 6.54 Å². The molecule has 0 radical (unpaired) electrons. The second kappa shape index (κ2) is 4.67. The Morgan fingerprint density at radius 2 is 2.62 bits per heavy atom. The van der Waals surface area contributed by atoms with Crippen LogP contribution in [0.4, 0.5) is 0 Å². The van der Waals surface area contributed by atoms with Gasteiger partial charge in [0.05, 0.1) is 17.2 Å². The van der Waals surface area contributed by atoms with Gasteiger partial charge in [-0.3, -0.25) is 10.1 Å². The molecule has 0 amide bonds. The Morgan fingerprint density at radius 1 is 1.81 bits per heavy atom. The molecule has 0 aromatic carbocycles. The number of thiazole rings is 1. The number of rotatable bonds is 3. The number of nitro groups is 1. The van der Waals surface area contributed by atoms with Crippen molar-refractivity contribution in [2.75, 3.05) is 13.1 Å². The van der Waals surface area contributed by atoms with Gasteiger partial charge in [-0.05, 0) is 0 Å². The van der Waals surface area contributed by atoms with Gasteiger partial charge in [-0.25, -0.2) is 4.98 Å². The molecule has 1 N–H and O–H groups in total. The smallest absolute Gasteiger partial charge is 0.274 e. The van der Waals surface area contributed by atoms with E-state index in [1.54, 1.807) is 0 Å². The third-order valence-corrected chi connectivity index (χ3v) is 3.16. The van der Waals surface area contributed by atoms with Crippen LogP contribution in [-0.2, 0) is 6.54 Å². The largest absolute Gasteiger partial charge is 0.365 e. The van der Waals surface area contributed by atoms with Crippen LogP contribution in [0.5, 0.6) is 0 Å². The molecule has 1 aromatic heterocycles. The summed E-state index contributed by atoms with van der Waals surface area (Å²) in [7, 11) is 0. The maximum atomic E-state index is 10.4. The zero-order valence-corrected chi connectivity index (χ0v) is 9.79. The first kappa shape index (κ1) is 11.2. The number of halogens is 1. The Hall–Kier alpha value is -1.34. The number of aromatic nitrogens is 1. The van der Waals surface area contributed by atoms with Gasteiger partial charge in [0, 0.05) is 18.5 Å². The fourth-order valence-corrected chi connectivity index (χ4v) is 2.27. The van der Waals surface area contributed by atoms with Crippen LogP contribution in [0.15, 0.2) is 17.4 Å². The van der Waals surface area contributed by atoms with Crippen molar-refractivity contribution in [1.29, 1.82) is 0 Å². The van der Waals surface area contributed by atoms with E-state index < -0.39 is 4.92 Å². The molecule has 86 valence electrons. The van der Waals surface area contributed by atoms with Crippen molar-refractivity contribution in [3.8, 4) is 0 Å². The highest BCUT2D eigenvalue weighted by atomic mass is 35.5. The molecule has 1 saturated heterocycles. The van der Waals surface area contributed by atoms with Gasteiger partial charge in [0.25, 0.3) is 6.20 Å². The monoisotopic (exact) mass is 260 g/mol. The maximum absolute atomic E-state index is 10.4. The lowest BCUT2D eigenvalue weighted by atomic mass is 10.4. The van der Waals surface area contributed by atoms with Gasteiger partial charge in [-0.1, -0.05) is 11.6 Å². The maximum Gasteiger partial charge on any atom is 0.274 e. The van der Waals surface area contributed by atoms with Gasteiger partial charge in [0.1, 0.15) is 0 Å². The van der Waals surface area contributed by atoms with Crippen LogP contribution in [0.2, 0.25) is 4.47 Å². The molecule has 1 aliphatic heterocycles. The lowest BCUT2D eigenvalue weighted by Gasteiger charge is -2.14. The second-order valence-corrected chi connectivity index (χ2v) is 4.68. The lowest BCUT2D eigenvalue weighted by molar-refractivity contribution is -0.404. The van der Waals surface area contributed by atoms with Crippen LogP contribution in [0, 0.1) is 10.1 Å². The molecule has 8 heteroatoms. The summed E-state index contributed by atoms with van der Waals surface area (Å²) in [6.45, 7) is 1.97. The molecule has 16 heavy (non-hydrogen) atoms. The van der Waals surface area contributed by atoms with Gasteiger partial charge >= 0.3 is 0 Å². The molecule has 1 fully saturated rings. The molecule has 0 aliphatic carbocycles. The summed E-state index contributed by atoms with van der Waals surface area (Å²) >= 11 is 7.07. The summed E-state index contributed by atoms with van der Waals surface area (Å²) < 4.78 is 0.488. The Balaban J connectivity index is 2.06. The van der Waals surface area contributed by atoms with Crippen LogP contribution in [0.3, 0.4) is 0 Å². The molecule has 6 nitrogen and oxygen atoms in total. The number of nitrogens with one attached hydrogen (secondary N) is 1. The summed E-state index contributed by atoms with van der Waals surface area (Å²) in [6.07, 6.45) is 0.973. The van der Waals surface area contributed by atoms with Gasteiger partial charge < -0.3 is 10.2 Å². The zero-order chi connectivity index (χ0) is 11.5. The first-order valence-corrected chi connectivity index (χ1v) is 5.85. The molecule has 1 aliphatic rings. The van der Waals surface area contributed by atoms with Crippen molar-refractivity contribution in [3.63, 3.8) is 0 Å². The van der Waals surface area contributed by atoms with Crippen LogP contribution in [0.25, 0.3) is 0 Å². The Labute approximate surface area is 101 Å². The Bertz CT molecular complexity index is 433. The van der Waals surface area contributed by atoms with Gasteiger partial charge in [-0.2, -0.15) is 0 Å². The zero-order valence-electron chi connectivity index (χ0n) is 8.22. The third-order valence-electron chi connectivity index (χ3n) is 2.13. The van der Waals surface area contributed by atoms with Crippen molar-refractivity contribution < 1.29 is 4.92 Å². The van der Waals surface area contributed by atoms with Gasteiger partial charge in [0.2, 0.25) is 0 Å². The number of nitrogens with zero attached hydrogens (tertiary/aromatic N) is 3. The molecule has 1 aromatic rings. The first-order chi connectivity index (χ1) is 7.65. The van der Waals surface area contributed by atoms with Crippen LogP contribution < -0.4 is 5.32 Å². The predicted octanol–water partition coefficient (Wildman–Crippen LogP) is 1.28. The minimum atomic E-state index is -0.464. The van der Waals surface area contributed by atoms with E-state index in [0.29, 0.717) is 23.4 Å². The minimum Gasteiger partial charge on any atom is -0.365 e. The number of hydrogen-bond acceptors (Lipinski definition) is 6. The molecule has 2 heterocycles. The highest BCUT2D eigenvalue weighted by Gasteiger charge is 2.20. The van der Waals surface area contributed by atoms with E-state index in [1.165, 1.54) is 11.3 Å². The summed E-state index contributed by atoms with van der Waals surface area (Å²) in [6, 6.07) is 0. The van der Waals surface area contributed by atoms with Gasteiger partial charge in [0.15, 0.2) is 10.3 Å². The Morgan fingerprint density at radius 3 is 3.25 bits per heavy atom. The van der Waals surface area contributed by atoms with E-state index in [1.807, 2.05) is 10.3 Å². The summed E-state index contributed by atoms with van der Waals surface area (Å²) in [5, 5.41) is 15.2. The average molecular weight is 261 g/mol. The number of hydrogen-bond donors (Lipinski definition) is 1. The van der Waals surface area contributed by atoms with E-state index in [9.17, 15) is 10.1 Å². The quantitative estimate of drug-likeness (QED) is 0.655. The van der Waals surface area contributed by atoms with Crippen molar-refractivity contribution in [3.05, 3.63) is 37.7 Å². The fraction of sp³-hybridized carbons (Fsp3) is 0.375. The SMILES string of the molecule is O=[N+]([O-])/C=C1\NCCN1Cc1csc(Cl)n1. The third kappa shape index (κ3) is 2.61. The normalized spacial score (nSPS) is 17.8. The molecule has 0 spiro atoms. The van der Waals surface area contributed by atoms with Crippen LogP contribution in [0.1, 0.15) is 5.69 Å². The molecular weight excluding hydrogens is 252 g/mol. The fourth-order valence-electron chi connectivity index (χ4n) is 1.49. The lowest BCUT2D eigenvalue weighted by Crippen LogP contribution is -2.20. The van der Waals surface area contributed by atoms with Gasteiger partial charge in [-0.15, -0.1) is 11.3 Å². The molecule has 0 atom stereocenters. The van der Waals surface area contributed by atoms with Crippen molar-refractivity contribution in [1.82, 2.24) is 15.2 Å². The van der Waals surface area contributed by atoms with Crippen molar-refractivity contribution in [2.24, 2.45) is 0 Å². The van der Waals surface area contributed by atoms with E-state index in [0.717, 1.165) is 18.4 Å². The second-order valence-electron chi connectivity index (χ2n) is 3.24. The predicted molar refractivity (Wildman–Crippen MR) is 60.6 cm³/mol. The molecule has 0 saturated carbocycles. The van der Waals surface area contributed by atoms with Crippen LogP contribution in [-0.4, -0.2) is 27.9 Å². The van der Waals surface area contributed by atoms with Crippen LogP contribution >= 0.6 is 22.9 Å². The summed E-state index contributed by atoms with van der Waals surface area (Å²) in [5.74, 6) is 0.522. The van der Waals surface area contributed by atoms with E-state index >= 15 is 0 Å². The first-order valence-electron chi connectivity index (χ1n) is 4.59. The standard InChI is InChI=1S/C8H9ClN4O2S/c9-8-11-6(5-16-8)3-12-2-1-10-7(12)4-13(14)15/h4-5,10H,1-3H2/b7-4+. The average Bonchev–Trinajstić information content (AvgIpc) is 2.77. The summed E-state index contributed by atoms with van der Waals surface area (Å²) in [4.78, 5) is 15.9. The van der Waals surface area contributed by atoms with E-state index in [2.05, 4.69) is 10.3 Å². The molecular formula is C8H9ClN4O2S. The molecule has 0 unspecified atom stereocenters. The topological polar surface area (TPSA) is 71.3 Å². The Kier molecular flexibility index (Phi) is 3.25. The molecule has 2 rings (SSSR count). The summed E-state index contributed by atoms with van der Waals surface area (Å²) in [5.41, 5.74) is 0.827. The van der Waals surface area contributed by atoms with Crippen molar-refractivity contribution >= 4 is 22.9 Å².